The summed E-state index contributed by atoms with van der Waals surface area (Å²) in [6.45, 7) is 2.93. The second-order valence-electron chi connectivity index (χ2n) is 4.14. The molecule has 3 heteroatoms. The van der Waals surface area contributed by atoms with Crippen molar-refractivity contribution in [3.63, 3.8) is 0 Å². The summed E-state index contributed by atoms with van der Waals surface area (Å²) in [5.74, 6) is 0. The fourth-order valence-corrected chi connectivity index (χ4v) is 1.71. The number of unbranched alkanes of at least 4 members (excludes halogenated alkanes) is 9. The largest absolute Gasteiger partial charge is 0.0940 e. The van der Waals surface area contributed by atoms with Crippen LogP contribution in [-0.4, -0.2) is 6.54 Å². The normalized spacial score (nSPS) is 9.93. The third-order valence-electron chi connectivity index (χ3n) is 2.67. The van der Waals surface area contributed by atoms with Crippen molar-refractivity contribution in [2.45, 2.75) is 71.1 Å². The molecule has 0 amide bonds. The van der Waals surface area contributed by atoms with Gasteiger partial charge in [-0.15, -0.1) is 0 Å². The maximum Gasteiger partial charge on any atom is 0.0257 e. The van der Waals surface area contributed by atoms with Crippen LogP contribution >= 0.6 is 0 Å². The van der Waals surface area contributed by atoms with Gasteiger partial charge in [0.05, 0.1) is 0 Å². The van der Waals surface area contributed by atoms with Crippen LogP contribution in [-0.2, 0) is 0 Å². The molecule has 3 nitrogen and oxygen atoms in total. The second-order valence-corrected chi connectivity index (χ2v) is 4.14. The van der Waals surface area contributed by atoms with Crippen molar-refractivity contribution in [1.29, 1.82) is 0 Å². The van der Waals surface area contributed by atoms with E-state index in [-0.39, 0.29) is 0 Å². The van der Waals surface area contributed by atoms with Gasteiger partial charge in [-0.3, -0.25) is 0 Å². The van der Waals surface area contributed by atoms with Crippen LogP contribution in [0.1, 0.15) is 71.1 Å². The molecule has 0 fully saturated rings. The van der Waals surface area contributed by atoms with E-state index >= 15 is 0 Å². The molecule has 0 aromatic heterocycles. The van der Waals surface area contributed by atoms with Gasteiger partial charge in [-0.2, -0.15) is 0 Å². The Morgan fingerprint density at radius 3 is 1.73 bits per heavy atom. The fraction of sp³-hybridized carbons (Fsp3) is 1.00. The molecule has 0 atom stereocenters. The van der Waals surface area contributed by atoms with Gasteiger partial charge in [-0.25, -0.2) is 0 Å². The zero-order valence-electron chi connectivity index (χ0n) is 10.1. The smallest absolute Gasteiger partial charge is 0.0257 e. The van der Waals surface area contributed by atoms with E-state index < -0.39 is 0 Å². The highest BCUT2D eigenvalue weighted by molar-refractivity contribution is 4.50. The first-order valence-corrected chi connectivity index (χ1v) is 6.42. The lowest BCUT2D eigenvalue weighted by Crippen LogP contribution is -1.83. The number of rotatable bonds is 11. The van der Waals surface area contributed by atoms with Crippen LogP contribution in [0, 0.1) is 0 Å². The Kier molecular flexibility index (Phi) is 12.7. The van der Waals surface area contributed by atoms with Crippen LogP contribution in [0.4, 0.5) is 0 Å². The highest BCUT2D eigenvalue weighted by atomic mass is 15.1. The number of nitrogens with zero attached hydrogens (tertiary/aromatic N) is 3. The molecule has 0 unspecified atom stereocenters. The molecule has 0 aliphatic rings. The van der Waals surface area contributed by atoms with Crippen molar-refractivity contribution >= 4 is 0 Å². The van der Waals surface area contributed by atoms with Gasteiger partial charge in [0.25, 0.3) is 0 Å². The standard InChI is InChI=1S/C12H25N3/c1-2-3-4-5-6-7-8-9-10-11-12-14-15-13/h2-12H2,1H3. The Bertz CT molecular complexity index is 162. The van der Waals surface area contributed by atoms with E-state index in [9.17, 15) is 0 Å². The minimum absolute atomic E-state index is 0.674. The SMILES string of the molecule is CCCCCCCCCCCCN=[N+]=[N-]. The average molecular weight is 211 g/mol. The van der Waals surface area contributed by atoms with Gasteiger partial charge in [0.15, 0.2) is 0 Å². The van der Waals surface area contributed by atoms with Crippen molar-refractivity contribution in [3.8, 4) is 0 Å². The van der Waals surface area contributed by atoms with Gasteiger partial charge >= 0.3 is 0 Å². The summed E-state index contributed by atoms with van der Waals surface area (Å²) in [5, 5.41) is 3.52. The Balaban J connectivity index is 2.89. The molecule has 0 aromatic rings. The lowest BCUT2D eigenvalue weighted by molar-refractivity contribution is 0.558. The Hall–Kier alpha value is -0.690. The van der Waals surface area contributed by atoms with Gasteiger partial charge in [-0.05, 0) is 12.0 Å². The van der Waals surface area contributed by atoms with Crippen LogP contribution in [0.25, 0.3) is 10.4 Å². The minimum Gasteiger partial charge on any atom is -0.0940 e. The predicted octanol–water partition coefficient (Wildman–Crippen LogP) is 5.22. The molecular formula is C12H25N3. The zero-order chi connectivity index (χ0) is 11.2. The molecule has 0 rings (SSSR count). The topological polar surface area (TPSA) is 48.8 Å². The van der Waals surface area contributed by atoms with Gasteiger partial charge in [0.1, 0.15) is 0 Å². The van der Waals surface area contributed by atoms with E-state index in [1.807, 2.05) is 0 Å². The summed E-state index contributed by atoms with van der Waals surface area (Å²) < 4.78 is 0. The first-order valence-electron chi connectivity index (χ1n) is 6.42. The van der Waals surface area contributed by atoms with E-state index in [2.05, 4.69) is 16.9 Å². The number of hydrogen-bond donors (Lipinski definition) is 0. The molecule has 0 N–H and O–H groups in total. The van der Waals surface area contributed by atoms with Gasteiger partial charge in [-0.1, -0.05) is 69.8 Å². The third kappa shape index (κ3) is 13.3. The van der Waals surface area contributed by atoms with Gasteiger partial charge in [0.2, 0.25) is 0 Å². The molecule has 0 aromatic carbocycles. The molecule has 88 valence electrons. The predicted molar refractivity (Wildman–Crippen MR) is 65.9 cm³/mol. The monoisotopic (exact) mass is 211 g/mol. The van der Waals surface area contributed by atoms with Gasteiger partial charge < -0.3 is 0 Å². The minimum atomic E-state index is 0.674. The molecule has 0 aliphatic carbocycles. The van der Waals surface area contributed by atoms with Crippen molar-refractivity contribution < 1.29 is 0 Å². The summed E-state index contributed by atoms with van der Waals surface area (Å²) in [6, 6.07) is 0. The van der Waals surface area contributed by atoms with Crippen molar-refractivity contribution in [3.05, 3.63) is 10.4 Å². The molecule has 0 radical (unpaired) electrons. The van der Waals surface area contributed by atoms with Crippen molar-refractivity contribution in [1.82, 2.24) is 0 Å². The maximum atomic E-state index is 8.07. The zero-order valence-corrected chi connectivity index (χ0v) is 10.1. The van der Waals surface area contributed by atoms with E-state index in [1.165, 1.54) is 57.8 Å². The summed E-state index contributed by atoms with van der Waals surface area (Å²) in [5.41, 5.74) is 8.07. The van der Waals surface area contributed by atoms with Crippen molar-refractivity contribution in [2.75, 3.05) is 6.54 Å². The van der Waals surface area contributed by atoms with E-state index in [4.69, 9.17) is 5.53 Å². The van der Waals surface area contributed by atoms with Crippen LogP contribution < -0.4 is 0 Å². The molecule has 15 heavy (non-hydrogen) atoms. The quantitative estimate of drug-likeness (QED) is 0.195. The van der Waals surface area contributed by atoms with Crippen LogP contribution in [0.15, 0.2) is 5.11 Å². The molecule has 0 aliphatic heterocycles. The lowest BCUT2D eigenvalue weighted by Gasteiger charge is -2.00. The molecule has 0 bridgehead atoms. The summed E-state index contributed by atoms with van der Waals surface area (Å²) >= 11 is 0. The molecular weight excluding hydrogens is 186 g/mol. The van der Waals surface area contributed by atoms with E-state index in [0.29, 0.717) is 6.54 Å². The van der Waals surface area contributed by atoms with Crippen molar-refractivity contribution in [2.24, 2.45) is 5.11 Å². The van der Waals surface area contributed by atoms with Gasteiger partial charge in [0, 0.05) is 11.5 Å². The Morgan fingerprint density at radius 1 is 0.800 bits per heavy atom. The highest BCUT2D eigenvalue weighted by Gasteiger charge is 1.91. The van der Waals surface area contributed by atoms with Crippen LogP contribution in [0.3, 0.4) is 0 Å². The highest BCUT2D eigenvalue weighted by Crippen LogP contribution is 2.10. The van der Waals surface area contributed by atoms with Crippen LogP contribution in [0.2, 0.25) is 0 Å². The first-order chi connectivity index (χ1) is 7.41. The Morgan fingerprint density at radius 2 is 1.27 bits per heavy atom. The second kappa shape index (κ2) is 13.3. The summed E-state index contributed by atoms with van der Waals surface area (Å²) in [6.07, 6.45) is 13.2. The van der Waals surface area contributed by atoms with Crippen LogP contribution in [0.5, 0.6) is 0 Å². The summed E-state index contributed by atoms with van der Waals surface area (Å²) in [7, 11) is 0. The molecule has 0 spiro atoms. The molecule has 0 heterocycles. The maximum absolute atomic E-state index is 8.07. The first kappa shape index (κ1) is 14.3. The fourth-order valence-electron chi connectivity index (χ4n) is 1.71. The number of azide groups is 1. The molecule has 0 saturated heterocycles. The average Bonchev–Trinajstić information content (AvgIpc) is 2.26. The Labute approximate surface area is 93.9 Å². The van der Waals surface area contributed by atoms with E-state index in [0.717, 1.165) is 6.42 Å². The third-order valence-corrected chi connectivity index (χ3v) is 2.67. The summed E-state index contributed by atoms with van der Waals surface area (Å²) in [4.78, 5) is 2.74. The van der Waals surface area contributed by atoms with E-state index in [1.54, 1.807) is 0 Å². The lowest BCUT2D eigenvalue weighted by atomic mass is 10.1. The molecule has 0 saturated carbocycles. The number of hydrogen-bond acceptors (Lipinski definition) is 1.